The van der Waals surface area contributed by atoms with Crippen LogP contribution < -0.4 is 10.6 Å². The summed E-state index contributed by atoms with van der Waals surface area (Å²) in [6, 6.07) is 11.9. The lowest BCUT2D eigenvalue weighted by atomic mass is 10.1. The molecular formula is C16H17N7O2. The van der Waals surface area contributed by atoms with Gasteiger partial charge in [0.1, 0.15) is 12.2 Å². The Morgan fingerprint density at radius 1 is 1.36 bits per heavy atom. The minimum absolute atomic E-state index is 0.171. The molecule has 1 aromatic carbocycles. The Labute approximate surface area is 144 Å². The molecule has 1 aliphatic rings. The normalized spacial score (nSPS) is 17.9. The van der Waals surface area contributed by atoms with Gasteiger partial charge < -0.3 is 10.6 Å². The molecule has 1 aliphatic heterocycles. The van der Waals surface area contributed by atoms with Crippen LogP contribution in [0.3, 0.4) is 0 Å². The van der Waals surface area contributed by atoms with Gasteiger partial charge in [-0.05, 0) is 5.56 Å². The first-order chi connectivity index (χ1) is 12.1. The summed E-state index contributed by atoms with van der Waals surface area (Å²) in [5, 5.41) is 20.3. The smallest absolute Gasteiger partial charge is 0.329 e. The molecular weight excluding hydrogens is 322 g/mol. The van der Waals surface area contributed by atoms with Crippen molar-refractivity contribution >= 4 is 17.5 Å². The summed E-state index contributed by atoms with van der Waals surface area (Å²) < 4.78 is 0. The number of nitrogens with zero attached hydrogens (tertiary/aromatic N) is 6. The van der Waals surface area contributed by atoms with Gasteiger partial charge in [0, 0.05) is 26.2 Å². The van der Waals surface area contributed by atoms with Crippen LogP contribution in [0.2, 0.25) is 0 Å². The third-order valence-electron chi connectivity index (χ3n) is 4.13. The number of nitriles is 1. The van der Waals surface area contributed by atoms with Gasteiger partial charge in [-0.15, -0.1) is 0 Å². The minimum Gasteiger partial charge on any atom is -0.378 e. The van der Waals surface area contributed by atoms with E-state index in [-0.39, 0.29) is 17.5 Å². The van der Waals surface area contributed by atoms with Crippen molar-refractivity contribution in [3.63, 3.8) is 0 Å². The van der Waals surface area contributed by atoms with E-state index in [1.807, 2.05) is 35.2 Å². The van der Waals surface area contributed by atoms with Gasteiger partial charge in [-0.1, -0.05) is 30.3 Å². The van der Waals surface area contributed by atoms with Crippen molar-refractivity contribution in [3.8, 4) is 6.07 Å². The number of piperazine rings is 1. The number of benzene rings is 1. The molecule has 0 bridgehead atoms. The fraction of sp³-hybridized carbons (Fsp3) is 0.312. The molecule has 0 spiro atoms. The molecule has 1 aromatic heterocycles. The second-order valence-electron chi connectivity index (χ2n) is 5.74. The Kier molecular flexibility index (Phi) is 4.72. The third-order valence-corrected chi connectivity index (χ3v) is 4.13. The van der Waals surface area contributed by atoms with Crippen molar-refractivity contribution in [3.05, 3.63) is 52.2 Å². The van der Waals surface area contributed by atoms with E-state index in [9.17, 15) is 15.4 Å². The molecule has 0 aliphatic carbocycles. The number of nitrogen functional groups attached to an aromatic ring is 1. The zero-order chi connectivity index (χ0) is 17.8. The first-order valence-electron chi connectivity index (χ1n) is 7.78. The van der Waals surface area contributed by atoms with Gasteiger partial charge in [0.05, 0.1) is 11.0 Å². The van der Waals surface area contributed by atoms with E-state index in [1.165, 1.54) is 0 Å². The second-order valence-corrected chi connectivity index (χ2v) is 5.74. The van der Waals surface area contributed by atoms with E-state index in [4.69, 9.17) is 5.73 Å². The highest BCUT2D eigenvalue weighted by atomic mass is 16.6. The first-order valence-corrected chi connectivity index (χ1v) is 7.78. The predicted octanol–water partition coefficient (Wildman–Crippen LogP) is 1.18. The van der Waals surface area contributed by atoms with E-state index in [0.29, 0.717) is 32.1 Å². The lowest BCUT2D eigenvalue weighted by Crippen LogP contribution is -2.52. The Morgan fingerprint density at radius 2 is 2.12 bits per heavy atom. The zero-order valence-electron chi connectivity index (χ0n) is 13.4. The van der Waals surface area contributed by atoms with Crippen LogP contribution in [0.4, 0.5) is 17.5 Å². The fourth-order valence-electron chi connectivity index (χ4n) is 2.80. The highest BCUT2D eigenvalue weighted by Crippen LogP contribution is 2.22. The third kappa shape index (κ3) is 3.64. The lowest BCUT2D eigenvalue weighted by molar-refractivity contribution is -0.384. The standard InChI is InChI=1S/C16H17N7O2/c17-8-13-11-22(16-19-9-14(23(24)25)15(18)20-16)7-6-21(13)10-12-4-2-1-3-5-12/h1-5,9,13H,6-7,10-11H2,(H2,18,19,20). The van der Waals surface area contributed by atoms with Crippen molar-refractivity contribution in [1.29, 1.82) is 5.26 Å². The van der Waals surface area contributed by atoms with Crippen molar-refractivity contribution in [2.75, 3.05) is 30.3 Å². The van der Waals surface area contributed by atoms with Crippen molar-refractivity contribution in [2.24, 2.45) is 0 Å². The number of hydrogen-bond donors (Lipinski definition) is 1. The molecule has 1 fully saturated rings. The molecule has 2 aromatic rings. The number of aromatic nitrogens is 2. The molecule has 0 saturated carbocycles. The summed E-state index contributed by atoms with van der Waals surface area (Å²) in [6.07, 6.45) is 1.11. The Bertz CT molecular complexity index is 806. The summed E-state index contributed by atoms with van der Waals surface area (Å²) in [6.45, 7) is 2.38. The summed E-state index contributed by atoms with van der Waals surface area (Å²) in [5.74, 6) is 0.137. The maximum Gasteiger partial charge on any atom is 0.329 e. The molecule has 9 nitrogen and oxygen atoms in total. The van der Waals surface area contributed by atoms with Crippen LogP contribution in [0.1, 0.15) is 5.56 Å². The maximum absolute atomic E-state index is 10.8. The van der Waals surface area contributed by atoms with Gasteiger partial charge in [-0.2, -0.15) is 10.2 Å². The van der Waals surface area contributed by atoms with Crippen LogP contribution in [0, 0.1) is 21.4 Å². The summed E-state index contributed by atoms with van der Waals surface area (Å²) in [5.41, 5.74) is 6.46. The minimum atomic E-state index is -0.616. The second kappa shape index (κ2) is 7.11. The van der Waals surface area contributed by atoms with Crippen molar-refractivity contribution < 1.29 is 4.92 Å². The molecule has 2 heterocycles. The molecule has 25 heavy (non-hydrogen) atoms. The van der Waals surface area contributed by atoms with Gasteiger partial charge in [0.2, 0.25) is 11.8 Å². The lowest BCUT2D eigenvalue weighted by Gasteiger charge is -2.38. The van der Waals surface area contributed by atoms with Crippen molar-refractivity contribution in [2.45, 2.75) is 12.6 Å². The Morgan fingerprint density at radius 3 is 2.76 bits per heavy atom. The summed E-state index contributed by atoms with van der Waals surface area (Å²) >= 11 is 0. The molecule has 128 valence electrons. The average molecular weight is 339 g/mol. The average Bonchev–Trinajstić information content (AvgIpc) is 2.62. The number of nitrogens with two attached hydrogens (primary N) is 1. The molecule has 0 amide bonds. The van der Waals surface area contributed by atoms with Crippen LogP contribution in [0.25, 0.3) is 0 Å². The van der Waals surface area contributed by atoms with Crippen LogP contribution in [0.15, 0.2) is 36.5 Å². The van der Waals surface area contributed by atoms with Crippen LogP contribution in [0.5, 0.6) is 0 Å². The topological polar surface area (TPSA) is 125 Å². The SMILES string of the molecule is N#CC1CN(c2ncc([N+](=O)[O-])c(N)n2)CCN1Cc1ccccc1. The fourth-order valence-corrected chi connectivity index (χ4v) is 2.80. The Hall–Kier alpha value is -3.25. The molecule has 1 unspecified atom stereocenters. The monoisotopic (exact) mass is 339 g/mol. The summed E-state index contributed by atoms with van der Waals surface area (Å²) in [7, 11) is 0. The van der Waals surface area contributed by atoms with E-state index >= 15 is 0 Å². The van der Waals surface area contributed by atoms with Gasteiger partial charge in [-0.3, -0.25) is 15.0 Å². The van der Waals surface area contributed by atoms with Crippen LogP contribution in [-0.4, -0.2) is 45.5 Å². The highest BCUT2D eigenvalue weighted by Gasteiger charge is 2.29. The first kappa shape index (κ1) is 16.6. The van der Waals surface area contributed by atoms with E-state index in [0.717, 1.165) is 11.8 Å². The number of hydrogen-bond acceptors (Lipinski definition) is 8. The Balaban J connectivity index is 1.72. The van der Waals surface area contributed by atoms with Gasteiger partial charge in [0.15, 0.2) is 0 Å². The van der Waals surface area contributed by atoms with E-state index in [1.54, 1.807) is 0 Å². The zero-order valence-corrected chi connectivity index (χ0v) is 13.4. The largest absolute Gasteiger partial charge is 0.378 e. The molecule has 3 rings (SSSR count). The quantitative estimate of drug-likeness (QED) is 0.650. The number of anilines is 2. The maximum atomic E-state index is 10.8. The molecule has 1 saturated heterocycles. The van der Waals surface area contributed by atoms with E-state index < -0.39 is 4.92 Å². The van der Waals surface area contributed by atoms with Gasteiger partial charge >= 0.3 is 5.69 Å². The summed E-state index contributed by atoms with van der Waals surface area (Å²) in [4.78, 5) is 22.2. The number of nitro groups is 1. The van der Waals surface area contributed by atoms with Gasteiger partial charge in [-0.25, -0.2) is 4.98 Å². The molecule has 0 radical (unpaired) electrons. The molecule has 2 N–H and O–H groups in total. The highest BCUT2D eigenvalue weighted by molar-refractivity contribution is 5.54. The molecule has 1 atom stereocenters. The van der Waals surface area contributed by atoms with Crippen LogP contribution in [-0.2, 0) is 6.54 Å². The van der Waals surface area contributed by atoms with Crippen molar-refractivity contribution in [1.82, 2.24) is 14.9 Å². The van der Waals surface area contributed by atoms with Gasteiger partial charge in [0.25, 0.3) is 0 Å². The predicted molar refractivity (Wildman–Crippen MR) is 91.6 cm³/mol. The number of rotatable bonds is 4. The molecule has 9 heteroatoms. The van der Waals surface area contributed by atoms with E-state index in [2.05, 4.69) is 20.9 Å². The van der Waals surface area contributed by atoms with Crippen LogP contribution >= 0.6 is 0 Å².